The second-order valence-electron chi connectivity index (χ2n) is 1.34. The van der Waals surface area contributed by atoms with Crippen LogP contribution < -0.4 is 0 Å². The SMILES string of the molecule is Oc1ccccc1.[3H]C.[CH3-].[Y]. The Labute approximate surface area is 89.8 Å². The summed E-state index contributed by atoms with van der Waals surface area (Å²) in [4.78, 5) is 0. The number of hydrogen-bond donors (Lipinski definition) is 1. The average Bonchev–Trinajstić information content (AvgIpc) is 1.94. The molecule has 0 bridgehead atoms. The van der Waals surface area contributed by atoms with Gasteiger partial charge in [-0.2, -0.15) is 0 Å². The largest absolute Gasteiger partial charge is 0.508 e. The van der Waals surface area contributed by atoms with Crippen LogP contribution in [0.3, 0.4) is 0 Å². The summed E-state index contributed by atoms with van der Waals surface area (Å²) in [5, 5.41) is 8.63. The minimum absolute atomic E-state index is 0. The molecule has 0 aliphatic rings. The third-order valence-corrected chi connectivity index (χ3v) is 0.756. The van der Waals surface area contributed by atoms with Crippen LogP contribution in [0.15, 0.2) is 30.3 Å². The van der Waals surface area contributed by atoms with Crippen molar-refractivity contribution in [2.45, 2.75) is 7.40 Å². The molecule has 0 aromatic heterocycles. The van der Waals surface area contributed by atoms with Gasteiger partial charge in [0, 0.05) is 34.1 Å². The Kier molecular flexibility index (Phi) is 11.7. The molecule has 1 aromatic carbocycles. The molecule has 0 heterocycles. The van der Waals surface area contributed by atoms with E-state index < -0.39 is 0 Å². The Morgan fingerprint density at radius 1 is 1.20 bits per heavy atom. The van der Waals surface area contributed by atoms with Gasteiger partial charge in [0.15, 0.2) is 0 Å². The van der Waals surface area contributed by atoms with E-state index in [9.17, 15) is 0 Å². The molecule has 0 spiro atoms. The summed E-state index contributed by atoms with van der Waals surface area (Å²) in [6.07, 6.45) is 0. The maximum Gasteiger partial charge on any atom is 0.115 e. The van der Waals surface area contributed by atoms with Crippen LogP contribution >= 0.6 is 0 Å². The summed E-state index contributed by atoms with van der Waals surface area (Å²) in [5.41, 5.74) is 0. The summed E-state index contributed by atoms with van der Waals surface area (Å²) in [5.74, 6) is 0.322. The molecule has 0 atom stereocenters. The van der Waals surface area contributed by atoms with Crippen molar-refractivity contribution in [2.24, 2.45) is 0 Å². The van der Waals surface area contributed by atoms with E-state index in [-0.39, 0.29) is 40.1 Å². The quantitative estimate of drug-likeness (QED) is 0.660. The number of rotatable bonds is 0. The van der Waals surface area contributed by atoms with Crippen molar-refractivity contribution in [3.63, 3.8) is 0 Å². The fraction of sp³-hybridized carbons (Fsp3) is 0.125. The fourth-order valence-electron chi connectivity index (χ4n) is 0.428. The summed E-state index contributed by atoms with van der Waals surface area (Å²) < 4.78 is 5.75. The van der Waals surface area contributed by atoms with Crippen LogP contribution in [0, 0.1) is 7.43 Å². The van der Waals surface area contributed by atoms with Gasteiger partial charge in [0.1, 0.15) is 5.75 Å². The number of phenolic OH excluding ortho intramolecular Hbond substituents is 1. The Hall–Kier alpha value is 0.124. The molecule has 0 aliphatic heterocycles. The molecule has 2 heteroatoms. The van der Waals surface area contributed by atoms with Gasteiger partial charge in [-0.25, -0.2) is 0 Å². The van der Waals surface area contributed by atoms with E-state index in [4.69, 9.17) is 6.48 Å². The van der Waals surface area contributed by atoms with Gasteiger partial charge in [-0.3, -0.25) is 0 Å². The topological polar surface area (TPSA) is 20.2 Å². The maximum atomic E-state index is 8.63. The molecule has 0 saturated heterocycles. The predicted octanol–water partition coefficient (Wildman–Crippen LogP) is 2.48. The van der Waals surface area contributed by atoms with Gasteiger partial charge in [0.25, 0.3) is 0 Å². The van der Waals surface area contributed by atoms with Crippen molar-refractivity contribution < 1.29 is 39.2 Å². The molecule has 0 unspecified atom stereocenters. The van der Waals surface area contributed by atoms with Gasteiger partial charge in [-0.1, -0.05) is 25.6 Å². The molecule has 0 aliphatic carbocycles. The van der Waals surface area contributed by atoms with Crippen molar-refractivity contribution in [3.8, 4) is 5.75 Å². The molecule has 0 amide bonds. The molecular formula is C8H13OY-. The molecule has 1 N–H and O–H groups in total. The molecule has 0 saturated carbocycles. The number of hydrogen-bond acceptors (Lipinski definition) is 1. The van der Waals surface area contributed by atoms with Crippen LogP contribution in [0.25, 0.3) is 0 Å². The van der Waals surface area contributed by atoms with Crippen molar-refractivity contribution in [3.05, 3.63) is 37.8 Å². The molecular weight excluding hydrogens is 201 g/mol. The van der Waals surface area contributed by atoms with Gasteiger partial charge in [0.2, 0.25) is 0 Å². The molecule has 1 aromatic rings. The van der Waals surface area contributed by atoms with Gasteiger partial charge in [0.05, 0.1) is 0 Å². The van der Waals surface area contributed by atoms with Crippen molar-refractivity contribution in [2.75, 3.05) is 0 Å². The number of aromatic hydroxyl groups is 1. The van der Waals surface area contributed by atoms with Gasteiger partial charge < -0.3 is 12.5 Å². The Morgan fingerprint density at radius 2 is 1.60 bits per heavy atom. The van der Waals surface area contributed by atoms with Crippen LogP contribution in [0.2, 0.25) is 0 Å². The Balaban J connectivity index is -0.000000149. The zero-order chi connectivity index (χ0) is 7.11. The van der Waals surface area contributed by atoms with Crippen molar-refractivity contribution in [1.29, 1.82) is 0 Å². The standard InChI is InChI=1S/C6H6O.CH4.CH3.Y/c7-6-4-2-1-3-5-6;;;/h1-5,7H;1H4;1H3;/q;;-1;/i;1T;;. The van der Waals surface area contributed by atoms with Crippen LogP contribution in [-0.4, -0.2) is 5.11 Å². The van der Waals surface area contributed by atoms with E-state index in [2.05, 4.69) is 0 Å². The average molecular weight is 216 g/mol. The minimum Gasteiger partial charge on any atom is -0.508 e. The van der Waals surface area contributed by atoms with Gasteiger partial charge in [-0.05, 0) is 12.1 Å². The zero-order valence-electron chi connectivity index (χ0n) is 7.41. The second kappa shape index (κ2) is 9.12. The minimum atomic E-state index is 0. The first kappa shape index (κ1) is 12.8. The normalized spacial score (nSPS) is 6.70. The second-order valence-corrected chi connectivity index (χ2v) is 1.34. The Morgan fingerprint density at radius 3 is 1.80 bits per heavy atom. The number of benzene rings is 1. The molecule has 1 nitrogen and oxygen atoms in total. The Bertz CT molecular complexity index is 144. The smallest absolute Gasteiger partial charge is 0.115 e. The first-order chi connectivity index (χ1) is 4.39. The molecule has 1 rings (SSSR count). The van der Waals surface area contributed by atoms with Crippen LogP contribution in [0.4, 0.5) is 0 Å². The van der Waals surface area contributed by atoms with E-state index in [0.717, 1.165) is 0 Å². The van der Waals surface area contributed by atoms with E-state index in [1.54, 1.807) is 24.3 Å². The molecule has 55 valence electrons. The fourth-order valence-corrected chi connectivity index (χ4v) is 0.428. The van der Waals surface area contributed by atoms with E-state index >= 15 is 0 Å². The maximum absolute atomic E-state index is 8.63. The third-order valence-electron chi connectivity index (χ3n) is 0.756. The van der Waals surface area contributed by atoms with Crippen LogP contribution in [-0.2, 0) is 32.7 Å². The van der Waals surface area contributed by atoms with Crippen molar-refractivity contribution >= 4 is 0 Å². The van der Waals surface area contributed by atoms with E-state index in [1.807, 2.05) is 6.07 Å². The van der Waals surface area contributed by atoms with Crippen LogP contribution in [0.1, 0.15) is 8.77 Å². The summed E-state index contributed by atoms with van der Waals surface area (Å²) in [7, 11) is 1.25. The third kappa shape index (κ3) is 6.25. The monoisotopic (exact) mass is 216 g/mol. The molecule has 0 fully saturated rings. The molecule has 1 radical (unpaired) electrons. The number of para-hydroxylation sites is 1. The van der Waals surface area contributed by atoms with Crippen molar-refractivity contribution in [1.82, 2.24) is 0 Å². The first-order valence-electron chi connectivity index (χ1n) is 3.13. The molecule has 10 heavy (non-hydrogen) atoms. The first-order valence-corrected chi connectivity index (χ1v) is 2.13. The van der Waals surface area contributed by atoms with Gasteiger partial charge in [-0.15, -0.1) is 0 Å². The van der Waals surface area contributed by atoms with E-state index in [0.29, 0.717) is 5.75 Å². The van der Waals surface area contributed by atoms with Gasteiger partial charge >= 0.3 is 0 Å². The summed E-state index contributed by atoms with van der Waals surface area (Å²) >= 11 is 0. The van der Waals surface area contributed by atoms with E-state index in [1.165, 1.54) is 7.40 Å². The summed E-state index contributed by atoms with van der Waals surface area (Å²) in [6, 6.07) is 8.71. The number of phenols is 1. The predicted molar refractivity (Wildman–Crippen MR) is 41.3 cm³/mol. The summed E-state index contributed by atoms with van der Waals surface area (Å²) in [6.45, 7) is 0. The zero-order valence-corrected chi connectivity index (χ0v) is 9.25. The van der Waals surface area contributed by atoms with Crippen LogP contribution in [0.5, 0.6) is 5.75 Å².